The standard InChI is InChI=1S/C40H28/c1-3-18-31-27(12-1)14-10-24-33(31)29-16-9-17-30(26-29)39-35-20-5-7-22-37(35)40(38-23-8-6-21-36(38)39)34-25-11-15-28-13-2-4-19-32(28)34/h1-26,35,37H. The van der Waals surface area contributed by atoms with Crippen molar-refractivity contribution in [2.24, 2.45) is 11.8 Å². The Morgan fingerprint density at radius 3 is 1.60 bits per heavy atom. The van der Waals surface area contributed by atoms with Crippen molar-refractivity contribution in [2.75, 3.05) is 0 Å². The van der Waals surface area contributed by atoms with Crippen LogP contribution in [-0.4, -0.2) is 0 Å². The minimum Gasteiger partial charge on any atom is -0.0760 e. The zero-order valence-electron chi connectivity index (χ0n) is 22.2. The maximum absolute atomic E-state index is 2.41. The highest BCUT2D eigenvalue weighted by Crippen LogP contribution is 2.42. The smallest absolute Gasteiger partial charge is 0.0137 e. The topological polar surface area (TPSA) is 0 Å². The monoisotopic (exact) mass is 508 g/mol. The first-order valence-corrected chi connectivity index (χ1v) is 14.1. The molecule has 40 heavy (non-hydrogen) atoms. The summed E-state index contributed by atoms with van der Waals surface area (Å²) in [5.41, 5.74) is 8.01. The molecule has 0 aromatic heterocycles. The Morgan fingerprint density at radius 1 is 0.375 bits per heavy atom. The molecule has 0 N–H and O–H groups in total. The third kappa shape index (κ3) is 3.61. The summed E-state index contributed by atoms with van der Waals surface area (Å²) in [6.07, 6.45) is 9.27. The van der Waals surface area contributed by atoms with Gasteiger partial charge in [-0.15, -0.1) is 0 Å². The Bertz CT molecular complexity index is 2110. The van der Waals surface area contributed by atoms with Gasteiger partial charge in [0.05, 0.1) is 0 Å². The zero-order chi connectivity index (χ0) is 26.5. The summed E-state index contributed by atoms with van der Waals surface area (Å²) in [5.74, 6) is 0.526. The van der Waals surface area contributed by atoms with Gasteiger partial charge in [0.25, 0.3) is 0 Å². The van der Waals surface area contributed by atoms with Crippen LogP contribution in [0.1, 0.15) is 11.1 Å². The molecule has 2 unspecified atom stereocenters. The summed E-state index contributed by atoms with van der Waals surface area (Å²) in [7, 11) is 0. The second-order valence-electron chi connectivity index (χ2n) is 10.8. The molecule has 0 amide bonds. The predicted octanol–water partition coefficient (Wildman–Crippen LogP) is 8.43. The van der Waals surface area contributed by atoms with Crippen LogP contribution in [-0.2, 0) is 0 Å². The SMILES string of the molecule is C1=CC2C(c3cccc(-c4cccc5ccccc45)c3)=c3ccccc3=C(c3cccc4ccccc34)C2C=C1. The fourth-order valence-corrected chi connectivity index (χ4v) is 6.93. The van der Waals surface area contributed by atoms with Gasteiger partial charge in [0.1, 0.15) is 0 Å². The van der Waals surface area contributed by atoms with Crippen LogP contribution >= 0.6 is 0 Å². The molecule has 2 aliphatic carbocycles. The van der Waals surface area contributed by atoms with Gasteiger partial charge < -0.3 is 0 Å². The molecule has 0 heterocycles. The number of rotatable bonds is 3. The van der Waals surface area contributed by atoms with Gasteiger partial charge in [0.2, 0.25) is 0 Å². The van der Waals surface area contributed by atoms with Crippen LogP contribution < -0.4 is 10.4 Å². The van der Waals surface area contributed by atoms with E-state index in [9.17, 15) is 0 Å². The van der Waals surface area contributed by atoms with E-state index in [0.717, 1.165) is 0 Å². The fraction of sp³-hybridized carbons (Fsp3) is 0.0500. The molecule has 0 nitrogen and oxygen atoms in total. The van der Waals surface area contributed by atoms with Gasteiger partial charge in [-0.05, 0) is 71.4 Å². The van der Waals surface area contributed by atoms with E-state index < -0.39 is 0 Å². The molecule has 2 atom stereocenters. The summed E-state index contributed by atoms with van der Waals surface area (Å²) >= 11 is 0. The quantitative estimate of drug-likeness (QED) is 0.225. The van der Waals surface area contributed by atoms with Crippen LogP contribution in [0.3, 0.4) is 0 Å². The molecule has 0 bridgehead atoms. The summed E-state index contributed by atoms with van der Waals surface area (Å²) in [4.78, 5) is 0. The van der Waals surface area contributed by atoms with E-state index in [1.165, 1.54) is 65.4 Å². The van der Waals surface area contributed by atoms with E-state index in [0.29, 0.717) is 0 Å². The third-order valence-corrected chi connectivity index (χ3v) is 8.66. The molecule has 188 valence electrons. The lowest BCUT2D eigenvalue weighted by Crippen LogP contribution is -2.40. The Morgan fingerprint density at radius 2 is 0.875 bits per heavy atom. The highest BCUT2D eigenvalue weighted by atomic mass is 14.3. The molecule has 2 aliphatic rings. The van der Waals surface area contributed by atoms with Crippen LogP contribution in [0, 0.1) is 11.8 Å². The summed E-state index contributed by atoms with van der Waals surface area (Å²) in [6, 6.07) is 49.0. The number of fused-ring (bicyclic) bond motifs is 4. The van der Waals surface area contributed by atoms with Crippen LogP contribution in [0.2, 0.25) is 0 Å². The Balaban J connectivity index is 1.43. The Kier molecular flexibility index (Phi) is 5.38. The Labute approximate surface area is 234 Å². The number of allylic oxidation sites excluding steroid dienone is 4. The van der Waals surface area contributed by atoms with Gasteiger partial charge in [-0.1, -0.05) is 152 Å². The lowest BCUT2D eigenvalue weighted by molar-refractivity contribution is 0.687. The van der Waals surface area contributed by atoms with E-state index in [-0.39, 0.29) is 11.8 Å². The first-order valence-electron chi connectivity index (χ1n) is 14.1. The van der Waals surface area contributed by atoms with Gasteiger partial charge in [0.15, 0.2) is 0 Å². The molecule has 0 spiro atoms. The average Bonchev–Trinajstić information content (AvgIpc) is 3.03. The largest absolute Gasteiger partial charge is 0.0760 e. The molecule has 0 saturated heterocycles. The van der Waals surface area contributed by atoms with Crippen molar-refractivity contribution in [1.82, 2.24) is 0 Å². The highest BCUT2D eigenvalue weighted by molar-refractivity contribution is 5.98. The lowest BCUT2D eigenvalue weighted by Gasteiger charge is -2.34. The van der Waals surface area contributed by atoms with Crippen molar-refractivity contribution in [2.45, 2.75) is 0 Å². The molecule has 0 fully saturated rings. The lowest BCUT2D eigenvalue weighted by atomic mass is 9.69. The van der Waals surface area contributed by atoms with Crippen molar-refractivity contribution in [3.8, 4) is 11.1 Å². The third-order valence-electron chi connectivity index (χ3n) is 8.66. The maximum Gasteiger partial charge on any atom is 0.0137 e. The average molecular weight is 509 g/mol. The van der Waals surface area contributed by atoms with E-state index >= 15 is 0 Å². The molecule has 0 heteroatoms. The van der Waals surface area contributed by atoms with Crippen molar-refractivity contribution in [1.29, 1.82) is 0 Å². The van der Waals surface area contributed by atoms with Gasteiger partial charge >= 0.3 is 0 Å². The first kappa shape index (κ1) is 23.0. The number of hydrogen-bond acceptors (Lipinski definition) is 0. The van der Waals surface area contributed by atoms with Crippen LogP contribution in [0.5, 0.6) is 0 Å². The minimum atomic E-state index is 0.261. The summed E-state index contributed by atoms with van der Waals surface area (Å²) in [5, 5.41) is 7.84. The molecule has 6 aromatic carbocycles. The maximum atomic E-state index is 2.41. The van der Waals surface area contributed by atoms with E-state index in [4.69, 9.17) is 0 Å². The first-order chi connectivity index (χ1) is 19.9. The molecular formula is C40H28. The molecule has 8 rings (SSSR count). The normalized spacial score (nSPS) is 17.7. The van der Waals surface area contributed by atoms with Crippen molar-refractivity contribution in [3.63, 3.8) is 0 Å². The second kappa shape index (κ2) is 9.36. The van der Waals surface area contributed by atoms with Crippen LogP contribution in [0.15, 0.2) is 158 Å². The molecule has 0 aliphatic heterocycles. The van der Waals surface area contributed by atoms with Gasteiger partial charge in [-0.3, -0.25) is 0 Å². The van der Waals surface area contributed by atoms with Crippen molar-refractivity contribution < 1.29 is 0 Å². The zero-order valence-corrected chi connectivity index (χ0v) is 22.2. The molecule has 0 saturated carbocycles. The molecule has 0 radical (unpaired) electrons. The van der Waals surface area contributed by atoms with Crippen molar-refractivity contribution in [3.05, 3.63) is 179 Å². The van der Waals surface area contributed by atoms with Gasteiger partial charge in [-0.25, -0.2) is 0 Å². The number of benzene rings is 6. The van der Waals surface area contributed by atoms with Crippen molar-refractivity contribution >= 4 is 32.7 Å². The van der Waals surface area contributed by atoms with Crippen LogP contribution in [0.4, 0.5) is 0 Å². The Hall–Kier alpha value is -4.94. The van der Waals surface area contributed by atoms with E-state index in [1.807, 2.05) is 0 Å². The fourth-order valence-electron chi connectivity index (χ4n) is 6.93. The predicted molar refractivity (Wildman–Crippen MR) is 169 cm³/mol. The van der Waals surface area contributed by atoms with Crippen LogP contribution in [0.25, 0.3) is 43.8 Å². The summed E-state index contributed by atoms with van der Waals surface area (Å²) < 4.78 is 0. The molecule has 6 aromatic rings. The number of hydrogen-bond donors (Lipinski definition) is 0. The van der Waals surface area contributed by atoms with Gasteiger partial charge in [-0.2, -0.15) is 0 Å². The second-order valence-corrected chi connectivity index (χ2v) is 10.8. The van der Waals surface area contributed by atoms with Gasteiger partial charge in [0, 0.05) is 11.8 Å². The summed E-state index contributed by atoms with van der Waals surface area (Å²) in [6.45, 7) is 0. The molecular weight excluding hydrogens is 480 g/mol. The minimum absolute atomic E-state index is 0.261. The highest BCUT2D eigenvalue weighted by Gasteiger charge is 2.32. The van der Waals surface area contributed by atoms with E-state index in [1.54, 1.807) is 0 Å². The van der Waals surface area contributed by atoms with E-state index in [2.05, 4.69) is 158 Å².